The van der Waals surface area contributed by atoms with E-state index in [-0.39, 0.29) is 91.9 Å². The molecule has 0 spiro atoms. The van der Waals surface area contributed by atoms with E-state index < -0.39 is 0 Å². The van der Waals surface area contributed by atoms with E-state index in [2.05, 4.69) is 13.8 Å². The van der Waals surface area contributed by atoms with Crippen molar-refractivity contribution in [2.24, 2.45) is 0 Å². The first-order chi connectivity index (χ1) is 1.91. The van der Waals surface area contributed by atoms with Crippen LogP contribution in [0.25, 0.3) is 0 Å². The van der Waals surface area contributed by atoms with Gasteiger partial charge in [0.25, 0.3) is 0 Å². The van der Waals surface area contributed by atoms with E-state index in [9.17, 15) is 0 Å². The maximum absolute atomic E-state index is 2.18. The van der Waals surface area contributed by atoms with Crippen molar-refractivity contribution < 1.29 is 91.9 Å². The molecule has 0 unspecified atom stereocenters. The van der Waals surface area contributed by atoms with Gasteiger partial charge in [-0.15, -0.1) is 0 Å². The molecule has 2 N–H and O–H groups in total. The summed E-state index contributed by atoms with van der Waals surface area (Å²) in [5.74, 6) is 0. The number of hydrogen-bond donors (Lipinski definition) is 0. The summed E-state index contributed by atoms with van der Waals surface area (Å²) in [5.41, 5.74) is 0. The first-order valence-corrected chi connectivity index (χ1v) is 1.91. The standard InChI is InChI=1S/C4H10.K.Na.2H2O/c1-3-4-2;;;;/h3-4H2,1-2H3;;;2*1H2/q;2*+1;;/p-2. The molecule has 0 aliphatic rings. The summed E-state index contributed by atoms with van der Waals surface area (Å²) >= 11 is 0. The molecule has 0 radical (unpaired) electrons. The zero-order chi connectivity index (χ0) is 3.41. The van der Waals surface area contributed by atoms with Crippen LogP contribution in [0.15, 0.2) is 0 Å². The average Bonchev–Trinajstić information content (AvgIpc) is 1.37. The van der Waals surface area contributed by atoms with Gasteiger partial charge in [-0.2, -0.15) is 0 Å². The van der Waals surface area contributed by atoms with E-state index in [4.69, 9.17) is 0 Å². The minimum atomic E-state index is 0. The SMILES string of the molecule is CCCC.[K+].[Na+].[OH-].[OH-]. The second kappa shape index (κ2) is 33.7. The van der Waals surface area contributed by atoms with Gasteiger partial charge in [-0.3, -0.25) is 0 Å². The van der Waals surface area contributed by atoms with Crippen LogP contribution in [-0.2, 0) is 0 Å². The van der Waals surface area contributed by atoms with Gasteiger partial charge in [-0.05, 0) is 0 Å². The molecule has 0 fully saturated rings. The molecule has 8 heavy (non-hydrogen) atoms. The molecule has 0 amide bonds. The van der Waals surface area contributed by atoms with Crippen LogP contribution in [0, 0.1) is 0 Å². The topological polar surface area (TPSA) is 60.0 Å². The molecule has 0 aromatic heterocycles. The molecule has 0 saturated heterocycles. The fourth-order valence-corrected chi connectivity index (χ4v) is 0. The summed E-state index contributed by atoms with van der Waals surface area (Å²) in [6.07, 6.45) is 2.64. The van der Waals surface area contributed by atoms with Crippen LogP contribution < -0.4 is 80.9 Å². The Morgan fingerprint density at radius 2 is 1.00 bits per heavy atom. The molecule has 42 valence electrons. The molecule has 2 nitrogen and oxygen atoms in total. The Balaban J connectivity index is -0.00000000750. The molecular formula is C4H12KNaO2. The largest absolute Gasteiger partial charge is 1.00 e. The van der Waals surface area contributed by atoms with Crippen molar-refractivity contribution >= 4 is 0 Å². The Hall–Kier alpha value is 2.56. The van der Waals surface area contributed by atoms with E-state index in [1.807, 2.05) is 0 Å². The molecule has 0 aliphatic heterocycles. The fraction of sp³-hybridized carbons (Fsp3) is 1.00. The van der Waals surface area contributed by atoms with Gasteiger partial charge < -0.3 is 11.0 Å². The molecule has 0 bridgehead atoms. The van der Waals surface area contributed by atoms with Crippen molar-refractivity contribution in [2.75, 3.05) is 0 Å². The monoisotopic (exact) mass is 154 g/mol. The summed E-state index contributed by atoms with van der Waals surface area (Å²) in [4.78, 5) is 0. The van der Waals surface area contributed by atoms with E-state index in [1.54, 1.807) is 0 Å². The van der Waals surface area contributed by atoms with Crippen molar-refractivity contribution in [1.82, 2.24) is 0 Å². The van der Waals surface area contributed by atoms with E-state index in [1.165, 1.54) is 12.8 Å². The molecule has 0 saturated carbocycles. The smallest absolute Gasteiger partial charge is 0.870 e. The summed E-state index contributed by atoms with van der Waals surface area (Å²) in [6, 6.07) is 0. The van der Waals surface area contributed by atoms with Gasteiger partial charge in [-0.1, -0.05) is 26.7 Å². The van der Waals surface area contributed by atoms with Crippen LogP contribution in [-0.4, -0.2) is 11.0 Å². The van der Waals surface area contributed by atoms with Gasteiger partial charge >= 0.3 is 80.9 Å². The molecule has 4 heteroatoms. The summed E-state index contributed by atoms with van der Waals surface area (Å²) < 4.78 is 0. The number of hydrogen-bond acceptors (Lipinski definition) is 2. The van der Waals surface area contributed by atoms with E-state index >= 15 is 0 Å². The van der Waals surface area contributed by atoms with Gasteiger partial charge in [-0.25, -0.2) is 0 Å². The fourth-order valence-electron chi connectivity index (χ4n) is 0. The van der Waals surface area contributed by atoms with Crippen molar-refractivity contribution in [2.45, 2.75) is 26.7 Å². The van der Waals surface area contributed by atoms with E-state index in [0.717, 1.165) is 0 Å². The average molecular weight is 154 g/mol. The van der Waals surface area contributed by atoms with Gasteiger partial charge in [0.05, 0.1) is 0 Å². The first-order valence-electron chi connectivity index (χ1n) is 1.91. The first kappa shape index (κ1) is 31.2. The zero-order valence-electron chi connectivity index (χ0n) is 6.31. The Labute approximate surface area is 116 Å². The minimum absolute atomic E-state index is 0. The normalized spacial score (nSPS) is 3.75. The molecule has 0 heterocycles. The van der Waals surface area contributed by atoms with Crippen LogP contribution >= 0.6 is 0 Å². The molecule has 0 rings (SSSR count). The second-order valence-electron chi connectivity index (χ2n) is 1.000. The summed E-state index contributed by atoms with van der Waals surface area (Å²) in [6.45, 7) is 4.36. The second-order valence-corrected chi connectivity index (χ2v) is 1.000. The third kappa shape index (κ3) is 38.6. The van der Waals surface area contributed by atoms with Crippen LogP contribution in [0.3, 0.4) is 0 Å². The Morgan fingerprint density at radius 3 is 1.00 bits per heavy atom. The minimum Gasteiger partial charge on any atom is -0.870 e. The van der Waals surface area contributed by atoms with Crippen LogP contribution in [0.4, 0.5) is 0 Å². The Kier molecular flexibility index (Phi) is 132. The zero-order valence-corrected chi connectivity index (χ0v) is 11.4. The molecule has 0 aromatic rings. The van der Waals surface area contributed by atoms with Gasteiger partial charge in [0.2, 0.25) is 0 Å². The Bertz CT molecular complexity index is 16.0. The molecular weight excluding hydrogens is 142 g/mol. The number of unbranched alkanes of at least 4 members (excludes halogenated alkanes) is 1. The van der Waals surface area contributed by atoms with Crippen molar-refractivity contribution in [3.63, 3.8) is 0 Å². The quantitative estimate of drug-likeness (QED) is 0.357. The van der Waals surface area contributed by atoms with Crippen LogP contribution in [0.1, 0.15) is 26.7 Å². The van der Waals surface area contributed by atoms with E-state index in [0.29, 0.717) is 0 Å². The predicted octanol–water partition coefficient (Wildman–Crippen LogP) is -4.54. The Morgan fingerprint density at radius 1 is 0.875 bits per heavy atom. The molecule has 0 aromatic carbocycles. The van der Waals surface area contributed by atoms with Crippen molar-refractivity contribution in [3.8, 4) is 0 Å². The maximum Gasteiger partial charge on any atom is 1.00 e. The predicted molar refractivity (Wildman–Crippen MR) is 24.5 cm³/mol. The van der Waals surface area contributed by atoms with Gasteiger partial charge in [0.15, 0.2) is 0 Å². The third-order valence-corrected chi connectivity index (χ3v) is 0.500. The number of rotatable bonds is 1. The van der Waals surface area contributed by atoms with Crippen LogP contribution in [0.5, 0.6) is 0 Å². The van der Waals surface area contributed by atoms with Crippen LogP contribution in [0.2, 0.25) is 0 Å². The molecule has 0 atom stereocenters. The summed E-state index contributed by atoms with van der Waals surface area (Å²) in [5, 5.41) is 0. The maximum atomic E-state index is 2.18. The van der Waals surface area contributed by atoms with Crippen molar-refractivity contribution in [3.05, 3.63) is 0 Å². The van der Waals surface area contributed by atoms with Crippen molar-refractivity contribution in [1.29, 1.82) is 0 Å². The van der Waals surface area contributed by atoms with Gasteiger partial charge in [0.1, 0.15) is 0 Å². The summed E-state index contributed by atoms with van der Waals surface area (Å²) in [7, 11) is 0. The molecule has 0 aliphatic carbocycles. The van der Waals surface area contributed by atoms with Gasteiger partial charge in [0, 0.05) is 0 Å². The third-order valence-electron chi connectivity index (χ3n) is 0.500.